The summed E-state index contributed by atoms with van der Waals surface area (Å²) in [5, 5.41) is 3.87. The zero-order chi connectivity index (χ0) is 19.6. The third-order valence-corrected chi connectivity index (χ3v) is 6.79. The molecule has 4 rings (SSSR count). The molecule has 2 heterocycles. The van der Waals surface area contributed by atoms with E-state index >= 15 is 0 Å². The summed E-state index contributed by atoms with van der Waals surface area (Å²) in [4.78, 5) is 27.7. The first-order valence-corrected chi connectivity index (χ1v) is 10.9. The maximum Gasteiger partial charge on any atom is 0.230 e. The van der Waals surface area contributed by atoms with Crippen LogP contribution in [0.15, 0.2) is 24.3 Å². The standard InChI is InChI=1S/C22H29ClN2O3/c23-19-5-3-18(4-6-19)22(9-10-22)21(27)24-14-16-2-1-11-25(15-16)20(26)17-7-12-28-13-8-17/h3-6,16-17H,1-2,7-15H2,(H,24,27)/t16-/m1/s1. The van der Waals surface area contributed by atoms with Crippen molar-refractivity contribution in [3.05, 3.63) is 34.9 Å². The average molecular weight is 405 g/mol. The first-order valence-electron chi connectivity index (χ1n) is 10.5. The van der Waals surface area contributed by atoms with E-state index in [2.05, 4.69) is 5.32 Å². The number of nitrogens with zero attached hydrogens (tertiary/aromatic N) is 1. The van der Waals surface area contributed by atoms with Gasteiger partial charge in [0.15, 0.2) is 0 Å². The molecule has 0 radical (unpaired) electrons. The molecule has 1 N–H and O–H groups in total. The number of piperidine rings is 1. The normalized spacial score (nSPS) is 24.6. The average Bonchev–Trinajstić information content (AvgIpc) is 3.55. The molecule has 0 spiro atoms. The van der Waals surface area contributed by atoms with Crippen molar-refractivity contribution >= 4 is 23.4 Å². The first-order chi connectivity index (χ1) is 13.6. The highest BCUT2D eigenvalue weighted by atomic mass is 35.5. The summed E-state index contributed by atoms with van der Waals surface area (Å²) >= 11 is 5.98. The molecule has 1 saturated carbocycles. The summed E-state index contributed by atoms with van der Waals surface area (Å²) in [6.07, 6.45) is 5.52. The second kappa shape index (κ2) is 8.42. The molecule has 1 atom stereocenters. The predicted molar refractivity (Wildman–Crippen MR) is 108 cm³/mol. The van der Waals surface area contributed by atoms with Gasteiger partial charge >= 0.3 is 0 Å². The fraction of sp³-hybridized carbons (Fsp3) is 0.636. The van der Waals surface area contributed by atoms with Gasteiger partial charge < -0.3 is 15.0 Å². The molecule has 1 aromatic carbocycles. The van der Waals surface area contributed by atoms with E-state index < -0.39 is 0 Å². The molecule has 1 aromatic rings. The van der Waals surface area contributed by atoms with Crippen molar-refractivity contribution in [1.82, 2.24) is 10.2 Å². The van der Waals surface area contributed by atoms with Crippen LogP contribution in [-0.2, 0) is 19.7 Å². The Morgan fingerprint density at radius 1 is 1.14 bits per heavy atom. The highest BCUT2D eigenvalue weighted by Crippen LogP contribution is 2.48. The summed E-state index contributed by atoms with van der Waals surface area (Å²) in [6.45, 7) is 3.62. The maximum atomic E-state index is 12.9. The predicted octanol–water partition coefficient (Wildman–Crippen LogP) is 3.15. The molecular weight excluding hydrogens is 376 g/mol. The summed E-state index contributed by atoms with van der Waals surface area (Å²) in [7, 11) is 0. The Labute approximate surface area is 171 Å². The SMILES string of the molecule is O=C(C1CCOCC1)N1CCC[C@H](CNC(=O)C2(c3ccc(Cl)cc3)CC2)C1. The van der Waals surface area contributed by atoms with E-state index in [1.165, 1.54) is 0 Å². The van der Waals surface area contributed by atoms with Gasteiger partial charge in [-0.25, -0.2) is 0 Å². The Balaban J connectivity index is 1.30. The number of carbonyl (C=O) groups excluding carboxylic acids is 2. The van der Waals surface area contributed by atoms with Gasteiger partial charge in [0.1, 0.15) is 0 Å². The third kappa shape index (κ3) is 4.20. The first kappa shape index (κ1) is 19.7. The van der Waals surface area contributed by atoms with E-state index in [1.54, 1.807) is 0 Å². The van der Waals surface area contributed by atoms with Gasteiger partial charge in [0.25, 0.3) is 0 Å². The van der Waals surface area contributed by atoms with E-state index in [0.717, 1.165) is 57.2 Å². The number of likely N-dealkylation sites (tertiary alicyclic amines) is 1. The van der Waals surface area contributed by atoms with E-state index in [1.807, 2.05) is 29.2 Å². The summed E-state index contributed by atoms with van der Waals surface area (Å²) in [5.41, 5.74) is 0.672. The molecule has 152 valence electrons. The largest absolute Gasteiger partial charge is 0.381 e. The van der Waals surface area contributed by atoms with Crippen molar-refractivity contribution in [3.63, 3.8) is 0 Å². The zero-order valence-electron chi connectivity index (χ0n) is 16.3. The molecule has 3 aliphatic rings. The molecule has 6 heteroatoms. The van der Waals surface area contributed by atoms with Crippen molar-refractivity contribution < 1.29 is 14.3 Å². The maximum absolute atomic E-state index is 12.9. The molecule has 28 heavy (non-hydrogen) atoms. The fourth-order valence-electron chi connectivity index (χ4n) is 4.58. The van der Waals surface area contributed by atoms with E-state index in [4.69, 9.17) is 16.3 Å². The van der Waals surface area contributed by atoms with Crippen LogP contribution in [0.4, 0.5) is 0 Å². The second-order valence-corrected chi connectivity index (χ2v) is 8.91. The Hall–Kier alpha value is -1.59. The molecule has 0 aromatic heterocycles. The minimum atomic E-state index is -0.378. The smallest absolute Gasteiger partial charge is 0.230 e. The molecule has 0 bridgehead atoms. The molecule has 2 aliphatic heterocycles. The molecule has 3 fully saturated rings. The minimum Gasteiger partial charge on any atom is -0.381 e. The highest BCUT2D eigenvalue weighted by molar-refractivity contribution is 6.30. The number of rotatable bonds is 5. The number of benzene rings is 1. The highest BCUT2D eigenvalue weighted by Gasteiger charge is 2.51. The molecule has 2 saturated heterocycles. The zero-order valence-corrected chi connectivity index (χ0v) is 17.0. The number of hydrogen-bond acceptors (Lipinski definition) is 3. The van der Waals surface area contributed by atoms with Gasteiger partial charge in [0, 0.05) is 43.8 Å². The number of amides is 2. The quantitative estimate of drug-likeness (QED) is 0.820. The van der Waals surface area contributed by atoms with Crippen LogP contribution in [0.3, 0.4) is 0 Å². The molecule has 5 nitrogen and oxygen atoms in total. The van der Waals surface area contributed by atoms with Crippen LogP contribution in [0.1, 0.15) is 44.1 Å². The molecule has 1 aliphatic carbocycles. The topological polar surface area (TPSA) is 58.6 Å². The van der Waals surface area contributed by atoms with Gasteiger partial charge in [-0.2, -0.15) is 0 Å². The van der Waals surface area contributed by atoms with Crippen LogP contribution in [0.2, 0.25) is 5.02 Å². The lowest BCUT2D eigenvalue weighted by Gasteiger charge is -2.36. The van der Waals surface area contributed by atoms with Crippen LogP contribution < -0.4 is 5.32 Å². The summed E-state index contributed by atoms with van der Waals surface area (Å²) < 4.78 is 5.38. The van der Waals surface area contributed by atoms with Gasteiger partial charge in [-0.3, -0.25) is 9.59 Å². The van der Waals surface area contributed by atoms with Crippen molar-refractivity contribution in [2.75, 3.05) is 32.8 Å². The Bertz CT molecular complexity index is 711. The summed E-state index contributed by atoms with van der Waals surface area (Å²) in [5.74, 6) is 0.839. The summed E-state index contributed by atoms with van der Waals surface area (Å²) in [6, 6.07) is 7.63. The Kier molecular flexibility index (Phi) is 5.93. The van der Waals surface area contributed by atoms with Crippen LogP contribution in [0.25, 0.3) is 0 Å². The van der Waals surface area contributed by atoms with Crippen LogP contribution in [0, 0.1) is 11.8 Å². The van der Waals surface area contributed by atoms with Crippen molar-refractivity contribution in [2.45, 2.75) is 43.9 Å². The number of carbonyl (C=O) groups is 2. The lowest BCUT2D eigenvalue weighted by Crippen LogP contribution is -2.47. The number of hydrogen-bond donors (Lipinski definition) is 1. The second-order valence-electron chi connectivity index (χ2n) is 8.48. The number of nitrogens with one attached hydrogen (secondary N) is 1. The lowest BCUT2D eigenvalue weighted by atomic mass is 9.92. The van der Waals surface area contributed by atoms with E-state index in [0.29, 0.717) is 30.7 Å². The third-order valence-electron chi connectivity index (χ3n) is 6.53. The van der Waals surface area contributed by atoms with Crippen LogP contribution in [-0.4, -0.2) is 49.6 Å². The van der Waals surface area contributed by atoms with Gasteiger partial charge in [0.2, 0.25) is 11.8 Å². The fourth-order valence-corrected chi connectivity index (χ4v) is 4.71. The van der Waals surface area contributed by atoms with E-state index in [-0.39, 0.29) is 23.1 Å². The monoisotopic (exact) mass is 404 g/mol. The van der Waals surface area contributed by atoms with Gasteiger partial charge in [-0.15, -0.1) is 0 Å². The number of ether oxygens (including phenoxy) is 1. The Morgan fingerprint density at radius 3 is 2.54 bits per heavy atom. The van der Waals surface area contributed by atoms with Crippen molar-refractivity contribution in [2.24, 2.45) is 11.8 Å². The van der Waals surface area contributed by atoms with Gasteiger partial charge in [0.05, 0.1) is 5.41 Å². The van der Waals surface area contributed by atoms with E-state index in [9.17, 15) is 9.59 Å². The molecule has 2 amide bonds. The van der Waals surface area contributed by atoms with Crippen LogP contribution in [0.5, 0.6) is 0 Å². The Morgan fingerprint density at radius 2 is 1.86 bits per heavy atom. The van der Waals surface area contributed by atoms with Crippen molar-refractivity contribution in [1.29, 1.82) is 0 Å². The molecular formula is C22H29ClN2O3. The molecule has 0 unspecified atom stereocenters. The number of halogens is 1. The lowest BCUT2D eigenvalue weighted by molar-refractivity contribution is -0.140. The van der Waals surface area contributed by atoms with Crippen molar-refractivity contribution in [3.8, 4) is 0 Å². The van der Waals surface area contributed by atoms with Crippen LogP contribution >= 0.6 is 11.6 Å². The van der Waals surface area contributed by atoms with Gasteiger partial charge in [-0.05, 0) is 62.1 Å². The van der Waals surface area contributed by atoms with Gasteiger partial charge in [-0.1, -0.05) is 23.7 Å². The minimum absolute atomic E-state index is 0.113.